The number of halogens is 1. The molecule has 2 heteroatoms. The van der Waals surface area contributed by atoms with Crippen LogP contribution in [0.5, 0.6) is 0 Å². The molecule has 0 saturated carbocycles. The molecule has 3 rings (SSSR count). The maximum atomic E-state index is 6.31. The topological polar surface area (TPSA) is 12.0 Å². The van der Waals surface area contributed by atoms with Crippen LogP contribution in [-0.4, -0.2) is 0 Å². The van der Waals surface area contributed by atoms with Crippen molar-refractivity contribution in [2.75, 3.05) is 5.32 Å². The Balaban J connectivity index is 1.97. The van der Waals surface area contributed by atoms with Crippen LogP contribution in [0.3, 0.4) is 0 Å². The fraction of sp³-hybridized carbons (Fsp3) is 0.294. The maximum Gasteiger partial charge on any atom is 0.0569 e. The SMILES string of the molecule is CC(C)c1cccc2c1NC(c1ccccc1Cl)C2. The van der Waals surface area contributed by atoms with Gasteiger partial charge < -0.3 is 5.32 Å². The van der Waals surface area contributed by atoms with Crippen LogP contribution in [0.1, 0.15) is 42.5 Å². The third-order valence-electron chi connectivity index (χ3n) is 3.83. The third kappa shape index (κ3) is 2.23. The summed E-state index contributed by atoms with van der Waals surface area (Å²) in [5, 5.41) is 4.50. The number of para-hydroxylation sites is 1. The zero-order valence-electron chi connectivity index (χ0n) is 11.3. The summed E-state index contributed by atoms with van der Waals surface area (Å²) >= 11 is 6.31. The lowest BCUT2D eigenvalue weighted by Crippen LogP contribution is -2.07. The van der Waals surface area contributed by atoms with Gasteiger partial charge in [0.2, 0.25) is 0 Å². The molecule has 0 aromatic heterocycles. The summed E-state index contributed by atoms with van der Waals surface area (Å²) in [6.45, 7) is 4.47. The van der Waals surface area contributed by atoms with Gasteiger partial charge in [0, 0.05) is 10.7 Å². The van der Waals surface area contributed by atoms with E-state index in [0.717, 1.165) is 11.4 Å². The highest BCUT2D eigenvalue weighted by Crippen LogP contribution is 2.40. The second kappa shape index (κ2) is 4.90. The van der Waals surface area contributed by atoms with E-state index in [1.807, 2.05) is 12.1 Å². The van der Waals surface area contributed by atoms with Gasteiger partial charge in [-0.05, 0) is 35.1 Å². The number of benzene rings is 2. The van der Waals surface area contributed by atoms with Crippen molar-refractivity contribution in [1.82, 2.24) is 0 Å². The fourth-order valence-electron chi connectivity index (χ4n) is 2.84. The Hall–Kier alpha value is -1.47. The molecular weight excluding hydrogens is 254 g/mol. The molecule has 2 aromatic rings. The number of nitrogens with one attached hydrogen (secondary N) is 1. The van der Waals surface area contributed by atoms with Gasteiger partial charge in [-0.25, -0.2) is 0 Å². The van der Waals surface area contributed by atoms with E-state index in [0.29, 0.717) is 12.0 Å². The van der Waals surface area contributed by atoms with E-state index in [-0.39, 0.29) is 0 Å². The molecule has 0 bridgehead atoms. The second-order valence-electron chi connectivity index (χ2n) is 5.46. The van der Waals surface area contributed by atoms with Crippen molar-refractivity contribution >= 4 is 17.3 Å². The molecule has 0 fully saturated rings. The number of hydrogen-bond donors (Lipinski definition) is 1. The van der Waals surface area contributed by atoms with E-state index in [1.165, 1.54) is 22.4 Å². The van der Waals surface area contributed by atoms with Crippen LogP contribution < -0.4 is 5.32 Å². The molecule has 1 aliphatic heterocycles. The quantitative estimate of drug-likeness (QED) is 0.794. The standard InChI is InChI=1S/C17H18ClN/c1-11(2)13-8-5-6-12-10-16(19-17(12)13)14-7-3-4-9-15(14)18/h3-9,11,16,19H,10H2,1-2H3. The highest BCUT2D eigenvalue weighted by molar-refractivity contribution is 6.31. The van der Waals surface area contributed by atoms with Gasteiger partial charge in [-0.2, -0.15) is 0 Å². The lowest BCUT2D eigenvalue weighted by atomic mass is 9.97. The molecule has 0 radical (unpaired) electrons. The van der Waals surface area contributed by atoms with Crippen molar-refractivity contribution in [2.45, 2.75) is 32.2 Å². The summed E-state index contributed by atoms with van der Waals surface area (Å²) in [6.07, 6.45) is 1.01. The highest BCUT2D eigenvalue weighted by Gasteiger charge is 2.25. The van der Waals surface area contributed by atoms with E-state index in [1.54, 1.807) is 0 Å². The lowest BCUT2D eigenvalue weighted by molar-refractivity contribution is 0.822. The van der Waals surface area contributed by atoms with Gasteiger partial charge in [-0.15, -0.1) is 0 Å². The van der Waals surface area contributed by atoms with Gasteiger partial charge in [0.25, 0.3) is 0 Å². The minimum Gasteiger partial charge on any atom is -0.377 e. The van der Waals surface area contributed by atoms with E-state index in [2.05, 4.69) is 49.5 Å². The molecule has 1 atom stereocenters. The summed E-state index contributed by atoms with van der Waals surface area (Å²) in [4.78, 5) is 0. The normalized spacial score (nSPS) is 17.4. The first-order valence-electron chi connectivity index (χ1n) is 6.79. The molecule has 2 aromatic carbocycles. The molecular formula is C17H18ClN. The lowest BCUT2D eigenvalue weighted by Gasteiger charge is -2.16. The molecule has 0 amide bonds. The van der Waals surface area contributed by atoms with Crippen molar-refractivity contribution in [1.29, 1.82) is 0 Å². The van der Waals surface area contributed by atoms with Crippen LogP contribution >= 0.6 is 11.6 Å². The van der Waals surface area contributed by atoms with Gasteiger partial charge >= 0.3 is 0 Å². The van der Waals surface area contributed by atoms with Crippen molar-refractivity contribution in [3.8, 4) is 0 Å². The van der Waals surface area contributed by atoms with Gasteiger partial charge in [-0.3, -0.25) is 0 Å². The minimum absolute atomic E-state index is 0.295. The zero-order chi connectivity index (χ0) is 13.4. The predicted molar refractivity (Wildman–Crippen MR) is 82.1 cm³/mol. The highest BCUT2D eigenvalue weighted by atomic mass is 35.5. The summed E-state index contributed by atoms with van der Waals surface area (Å²) in [5.41, 5.74) is 5.29. The molecule has 1 N–H and O–H groups in total. The minimum atomic E-state index is 0.295. The number of anilines is 1. The fourth-order valence-corrected chi connectivity index (χ4v) is 3.11. The Morgan fingerprint density at radius 2 is 1.89 bits per heavy atom. The largest absolute Gasteiger partial charge is 0.377 e. The van der Waals surface area contributed by atoms with E-state index >= 15 is 0 Å². The van der Waals surface area contributed by atoms with Crippen LogP contribution in [0.15, 0.2) is 42.5 Å². The van der Waals surface area contributed by atoms with Crippen molar-refractivity contribution in [3.63, 3.8) is 0 Å². The average molecular weight is 272 g/mol. The molecule has 98 valence electrons. The third-order valence-corrected chi connectivity index (χ3v) is 4.17. The monoisotopic (exact) mass is 271 g/mol. The Labute approximate surface area is 119 Å². The zero-order valence-corrected chi connectivity index (χ0v) is 12.0. The first-order chi connectivity index (χ1) is 9.16. The van der Waals surface area contributed by atoms with Crippen molar-refractivity contribution in [2.24, 2.45) is 0 Å². The predicted octanol–water partition coefficient (Wildman–Crippen LogP) is 5.17. The van der Waals surface area contributed by atoms with Gasteiger partial charge in [0.15, 0.2) is 0 Å². The molecule has 1 heterocycles. The maximum absolute atomic E-state index is 6.31. The smallest absolute Gasteiger partial charge is 0.0569 e. The van der Waals surface area contributed by atoms with Crippen LogP contribution in [0.2, 0.25) is 5.02 Å². The number of fused-ring (bicyclic) bond motifs is 1. The molecule has 1 nitrogen and oxygen atoms in total. The van der Waals surface area contributed by atoms with Crippen molar-refractivity contribution in [3.05, 3.63) is 64.2 Å². The summed E-state index contributed by atoms with van der Waals surface area (Å²) in [5.74, 6) is 0.535. The Morgan fingerprint density at radius 3 is 2.63 bits per heavy atom. The average Bonchev–Trinajstić information content (AvgIpc) is 2.82. The van der Waals surface area contributed by atoms with Gasteiger partial charge in [-0.1, -0.05) is 61.8 Å². The van der Waals surface area contributed by atoms with Crippen molar-refractivity contribution < 1.29 is 0 Å². The Morgan fingerprint density at radius 1 is 1.11 bits per heavy atom. The molecule has 0 aliphatic carbocycles. The number of rotatable bonds is 2. The summed E-state index contributed by atoms with van der Waals surface area (Å²) in [6, 6.07) is 15.0. The Kier molecular flexibility index (Phi) is 3.24. The van der Waals surface area contributed by atoms with Crippen LogP contribution in [0.25, 0.3) is 0 Å². The second-order valence-corrected chi connectivity index (χ2v) is 5.87. The molecule has 1 unspecified atom stereocenters. The van der Waals surface area contributed by atoms with Gasteiger partial charge in [0.05, 0.1) is 6.04 Å². The van der Waals surface area contributed by atoms with Gasteiger partial charge in [0.1, 0.15) is 0 Å². The first kappa shape index (κ1) is 12.6. The molecule has 0 saturated heterocycles. The summed E-state index contributed by atoms with van der Waals surface area (Å²) < 4.78 is 0. The van der Waals surface area contributed by atoms with Crippen LogP contribution in [0, 0.1) is 0 Å². The van der Waals surface area contributed by atoms with Crippen LogP contribution in [-0.2, 0) is 6.42 Å². The number of hydrogen-bond acceptors (Lipinski definition) is 1. The molecule has 0 spiro atoms. The van der Waals surface area contributed by atoms with E-state index in [9.17, 15) is 0 Å². The molecule has 19 heavy (non-hydrogen) atoms. The van der Waals surface area contributed by atoms with E-state index < -0.39 is 0 Å². The Bertz CT molecular complexity index is 604. The summed E-state index contributed by atoms with van der Waals surface area (Å²) in [7, 11) is 0. The van der Waals surface area contributed by atoms with Crippen LogP contribution in [0.4, 0.5) is 5.69 Å². The first-order valence-corrected chi connectivity index (χ1v) is 7.17. The molecule has 1 aliphatic rings. The van der Waals surface area contributed by atoms with E-state index in [4.69, 9.17) is 11.6 Å².